The third-order valence-corrected chi connectivity index (χ3v) is 4.07. The van der Waals surface area contributed by atoms with E-state index in [0.717, 1.165) is 25.5 Å². The first-order valence-corrected chi connectivity index (χ1v) is 8.76. The highest BCUT2D eigenvalue weighted by atomic mass is 127. The van der Waals surface area contributed by atoms with Crippen LogP contribution in [0.4, 0.5) is 4.39 Å². The number of guanidine groups is 1. The first kappa shape index (κ1) is 22.0. The highest BCUT2D eigenvalue weighted by molar-refractivity contribution is 14.0. The van der Waals surface area contributed by atoms with Crippen LogP contribution in [0.2, 0.25) is 0 Å². The number of nitrogens with zero attached hydrogens (tertiary/aromatic N) is 2. The number of likely N-dealkylation sites (tertiary alicyclic amines) is 1. The predicted octanol–water partition coefficient (Wildman–Crippen LogP) is 2.86. The number of nitrogens with one attached hydrogen (secondary N) is 2. The number of hydrogen-bond acceptors (Lipinski definition) is 3. The van der Waals surface area contributed by atoms with Crippen molar-refractivity contribution in [3.63, 3.8) is 0 Å². The lowest BCUT2D eigenvalue weighted by Crippen LogP contribution is -2.42. The van der Waals surface area contributed by atoms with E-state index in [1.807, 2.05) is 6.92 Å². The fourth-order valence-corrected chi connectivity index (χ4v) is 2.76. The normalized spacial score (nSPS) is 16.2. The Bertz CT molecular complexity index is 506. The molecule has 1 heterocycles. The summed E-state index contributed by atoms with van der Waals surface area (Å²) in [4.78, 5) is 6.73. The maximum Gasteiger partial charge on any atom is 0.191 e. The van der Waals surface area contributed by atoms with E-state index in [0.29, 0.717) is 12.3 Å². The van der Waals surface area contributed by atoms with Crippen LogP contribution in [0.1, 0.15) is 26.2 Å². The van der Waals surface area contributed by atoms with Gasteiger partial charge in [-0.1, -0.05) is 0 Å². The molecule has 0 amide bonds. The minimum Gasteiger partial charge on any atom is -0.489 e. The first-order valence-electron chi connectivity index (χ1n) is 8.76. The lowest BCUT2D eigenvalue weighted by Gasteiger charge is -2.18. The molecule has 1 aromatic carbocycles. The van der Waals surface area contributed by atoms with Gasteiger partial charge in [0.05, 0.1) is 6.54 Å². The summed E-state index contributed by atoms with van der Waals surface area (Å²) in [5.41, 5.74) is 0. The van der Waals surface area contributed by atoms with E-state index in [2.05, 4.69) is 20.5 Å². The van der Waals surface area contributed by atoms with Crippen molar-refractivity contribution in [2.75, 3.05) is 39.8 Å². The minimum atomic E-state index is -0.258. The van der Waals surface area contributed by atoms with Crippen molar-refractivity contribution in [2.45, 2.75) is 32.3 Å². The molecule has 0 bridgehead atoms. The van der Waals surface area contributed by atoms with E-state index in [9.17, 15) is 4.39 Å². The molecule has 142 valence electrons. The Labute approximate surface area is 167 Å². The fourth-order valence-electron chi connectivity index (χ4n) is 2.76. The van der Waals surface area contributed by atoms with Crippen LogP contribution >= 0.6 is 24.0 Å². The van der Waals surface area contributed by atoms with Gasteiger partial charge in [0.2, 0.25) is 0 Å². The van der Waals surface area contributed by atoms with Crippen molar-refractivity contribution < 1.29 is 9.13 Å². The van der Waals surface area contributed by atoms with Crippen molar-refractivity contribution in [1.29, 1.82) is 0 Å². The average molecular weight is 464 g/mol. The van der Waals surface area contributed by atoms with E-state index >= 15 is 0 Å². The number of aliphatic imine (C=N–C) groups is 1. The number of rotatable bonds is 8. The molecule has 1 aromatic rings. The van der Waals surface area contributed by atoms with E-state index in [-0.39, 0.29) is 35.9 Å². The summed E-state index contributed by atoms with van der Waals surface area (Å²) >= 11 is 0. The molecule has 1 unspecified atom stereocenters. The molecule has 2 rings (SSSR count). The van der Waals surface area contributed by atoms with Gasteiger partial charge >= 0.3 is 0 Å². The van der Waals surface area contributed by atoms with Gasteiger partial charge in [-0.15, -0.1) is 24.0 Å². The molecule has 2 N–H and O–H groups in total. The van der Waals surface area contributed by atoms with Gasteiger partial charge < -0.3 is 20.3 Å². The molecule has 5 nitrogen and oxygen atoms in total. The number of hydrogen-bond donors (Lipinski definition) is 2. The van der Waals surface area contributed by atoms with Crippen molar-refractivity contribution in [2.24, 2.45) is 4.99 Å². The zero-order chi connectivity index (χ0) is 17.2. The molecule has 25 heavy (non-hydrogen) atoms. The van der Waals surface area contributed by atoms with Gasteiger partial charge in [0.15, 0.2) is 5.96 Å². The smallest absolute Gasteiger partial charge is 0.191 e. The van der Waals surface area contributed by atoms with E-state index in [1.54, 1.807) is 19.2 Å². The maximum absolute atomic E-state index is 12.9. The lowest BCUT2D eigenvalue weighted by atomic mass is 10.3. The lowest BCUT2D eigenvalue weighted by molar-refractivity contribution is 0.223. The Morgan fingerprint density at radius 2 is 1.92 bits per heavy atom. The largest absolute Gasteiger partial charge is 0.489 e. The molecule has 0 saturated carbocycles. The van der Waals surface area contributed by atoms with Crippen molar-refractivity contribution >= 4 is 29.9 Å². The van der Waals surface area contributed by atoms with Gasteiger partial charge in [0.25, 0.3) is 0 Å². The maximum atomic E-state index is 12.9. The molecule has 0 spiro atoms. The Morgan fingerprint density at radius 1 is 1.24 bits per heavy atom. The van der Waals surface area contributed by atoms with Gasteiger partial charge in [0.1, 0.15) is 17.7 Å². The Kier molecular flexibility index (Phi) is 10.8. The third-order valence-electron chi connectivity index (χ3n) is 4.07. The summed E-state index contributed by atoms with van der Waals surface area (Å²) in [6.45, 7) is 7.13. The van der Waals surface area contributed by atoms with E-state index in [1.165, 1.54) is 38.1 Å². The molecular weight excluding hydrogens is 434 g/mol. The summed E-state index contributed by atoms with van der Waals surface area (Å²) in [7, 11) is 1.77. The highest BCUT2D eigenvalue weighted by Gasteiger charge is 2.10. The van der Waals surface area contributed by atoms with Crippen LogP contribution < -0.4 is 15.4 Å². The monoisotopic (exact) mass is 464 g/mol. The van der Waals surface area contributed by atoms with Gasteiger partial charge in [-0.05, 0) is 70.1 Å². The predicted molar refractivity (Wildman–Crippen MR) is 112 cm³/mol. The zero-order valence-corrected chi connectivity index (χ0v) is 17.5. The fraction of sp³-hybridized carbons (Fsp3) is 0.611. The molecule has 1 fully saturated rings. The molecule has 0 aromatic heterocycles. The number of halogens is 2. The molecule has 0 radical (unpaired) electrons. The number of ether oxygens (including phenoxy) is 1. The topological polar surface area (TPSA) is 48.9 Å². The van der Waals surface area contributed by atoms with Crippen LogP contribution in [-0.4, -0.2) is 56.7 Å². The van der Waals surface area contributed by atoms with Gasteiger partial charge in [-0.25, -0.2) is 4.39 Å². The van der Waals surface area contributed by atoms with Crippen LogP contribution in [0.15, 0.2) is 29.3 Å². The summed E-state index contributed by atoms with van der Waals surface area (Å²) in [6, 6.07) is 6.07. The van der Waals surface area contributed by atoms with Gasteiger partial charge in [0, 0.05) is 13.6 Å². The van der Waals surface area contributed by atoms with Crippen LogP contribution in [0, 0.1) is 5.82 Å². The Morgan fingerprint density at radius 3 is 2.56 bits per heavy atom. The van der Waals surface area contributed by atoms with Gasteiger partial charge in [-0.3, -0.25) is 4.99 Å². The molecule has 1 aliphatic rings. The van der Waals surface area contributed by atoms with Crippen molar-refractivity contribution in [1.82, 2.24) is 15.5 Å². The van der Waals surface area contributed by atoms with Crippen molar-refractivity contribution in [3.05, 3.63) is 30.1 Å². The second-order valence-corrected chi connectivity index (χ2v) is 6.16. The minimum absolute atomic E-state index is 0. The summed E-state index contributed by atoms with van der Waals surface area (Å²) in [5, 5.41) is 6.58. The Hall–Kier alpha value is -1.09. The summed E-state index contributed by atoms with van der Waals surface area (Å²) in [6.07, 6.45) is 3.74. The first-order chi connectivity index (χ1) is 11.7. The SMILES string of the molecule is CN=C(NCCCN1CCCC1)NCC(C)Oc1ccc(F)cc1.I. The molecule has 1 saturated heterocycles. The van der Waals surface area contributed by atoms with Crippen molar-refractivity contribution in [3.8, 4) is 5.75 Å². The molecule has 0 aliphatic carbocycles. The molecule has 7 heteroatoms. The quantitative estimate of drug-likeness (QED) is 0.269. The van der Waals surface area contributed by atoms with Crippen LogP contribution in [0.3, 0.4) is 0 Å². The standard InChI is InChI=1S/C18H29FN4O.HI/c1-15(24-17-8-6-16(19)7-9-17)14-22-18(20-2)21-10-5-13-23-11-3-4-12-23;/h6-9,15H,3-5,10-14H2,1-2H3,(H2,20,21,22);1H. The van der Waals surface area contributed by atoms with Crippen LogP contribution in [0.5, 0.6) is 5.75 Å². The Balaban J connectivity index is 0.00000312. The highest BCUT2D eigenvalue weighted by Crippen LogP contribution is 2.12. The van der Waals surface area contributed by atoms with Crippen LogP contribution in [0.25, 0.3) is 0 Å². The van der Waals surface area contributed by atoms with Gasteiger partial charge in [-0.2, -0.15) is 0 Å². The zero-order valence-electron chi connectivity index (χ0n) is 15.1. The molecule has 1 aliphatic heterocycles. The molecule has 1 atom stereocenters. The van der Waals surface area contributed by atoms with Crippen LogP contribution in [-0.2, 0) is 0 Å². The second kappa shape index (κ2) is 12.3. The summed E-state index contributed by atoms with van der Waals surface area (Å²) in [5.74, 6) is 1.19. The van der Waals surface area contributed by atoms with E-state index < -0.39 is 0 Å². The molecular formula is C18H30FIN4O. The van der Waals surface area contributed by atoms with E-state index in [4.69, 9.17) is 4.74 Å². The number of benzene rings is 1. The second-order valence-electron chi connectivity index (χ2n) is 6.16. The summed E-state index contributed by atoms with van der Waals surface area (Å²) < 4.78 is 18.6. The third kappa shape index (κ3) is 8.71. The average Bonchev–Trinajstić information content (AvgIpc) is 3.10.